The number of aryl methyl sites for hydroxylation is 1. The smallest absolute Gasteiger partial charge is 0.0593 e. The van der Waals surface area contributed by atoms with E-state index in [-0.39, 0.29) is 5.41 Å². The van der Waals surface area contributed by atoms with Gasteiger partial charge in [0.25, 0.3) is 0 Å². The van der Waals surface area contributed by atoms with Crippen LogP contribution >= 0.6 is 12.6 Å². The summed E-state index contributed by atoms with van der Waals surface area (Å²) >= 11 is 4.47. The highest BCUT2D eigenvalue weighted by Gasteiger charge is 2.38. The average Bonchev–Trinajstić information content (AvgIpc) is 2.28. The van der Waals surface area contributed by atoms with Gasteiger partial charge in [-0.15, -0.1) is 0 Å². The Balaban J connectivity index is 2.10. The van der Waals surface area contributed by atoms with Gasteiger partial charge in [-0.05, 0) is 23.3 Å². The van der Waals surface area contributed by atoms with E-state index in [4.69, 9.17) is 4.74 Å². The van der Waals surface area contributed by atoms with E-state index in [9.17, 15) is 0 Å². The maximum atomic E-state index is 5.37. The summed E-state index contributed by atoms with van der Waals surface area (Å²) in [7, 11) is 0. The predicted octanol–water partition coefficient (Wildman–Crippen LogP) is 3.35. The molecule has 1 aliphatic rings. The van der Waals surface area contributed by atoms with E-state index >= 15 is 0 Å². The minimum absolute atomic E-state index is 0.141. The van der Waals surface area contributed by atoms with E-state index in [0.717, 1.165) is 19.0 Å². The monoisotopic (exact) mass is 244 g/mol. The molecule has 1 saturated heterocycles. The van der Waals surface area contributed by atoms with Gasteiger partial charge < -0.3 is 4.74 Å². The highest BCUT2D eigenvalue weighted by molar-refractivity contribution is 7.80. The van der Waals surface area contributed by atoms with Crippen LogP contribution in [0, 0.1) is 6.92 Å². The number of hydrogen-bond donors (Lipinski definition) is 1. The van der Waals surface area contributed by atoms with Gasteiger partial charge >= 0.3 is 0 Å². The first-order valence-electron chi connectivity index (χ1n) is 5.93. The number of benzene rings is 2. The molecule has 1 fully saturated rings. The van der Waals surface area contributed by atoms with E-state index in [1.165, 1.54) is 21.9 Å². The van der Waals surface area contributed by atoms with Gasteiger partial charge in [0.2, 0.25) is 0 Å². The van der Waals surface area contributed by atoms with E-state index in [1.54, 1.807) is 0 Å². The van der Waals surface area contributed by atoms with Crippen molar-refractivity contribution in [2.24, 2.45) is 0 Å². The van der Waals surface area contributed by atoms with Crippen molar-refractivity contribution >= 4 is 23.4 Å². The van der Waals surface area contributed by atoms with E-state index in [0.29, 0.717) is 0 Å². The minimum Gasteiger partial charge on any atom is -0.379 e. The summed E-state index contributed by atoms with van der Waals surface area (Å²) in [5, 5.41) is 2.62. The highest BCUT2D eigenvalue weighted by Crippen LogP contribution is 2.35. The second-order valence-corrected chi connectivity index (χ2v) is 5.31. The van der Waals surface area contributed by atoms with Crippen molar-refractivity contribution in [3.8, 4) is 0 Å². The Morgan fingerprint density at radius 3 is 2.47 bits per heavy atom. The molecule has 2 aromatic carbocycles. The fourth-order valence-corrected chi connectivity index (χ4v) is 2.76. The topological polar surface area (TPSA) is 9.23 Å². The summed E-state index contributed by atoms with van der Waals surface area (Å²) in [6.45, 7) is 3.73. The van der Waals surface area contributed by atoms with Crippen LogP contribution in [0.15, 0.2) is 36.4 Å². The zero-order valence-corrected chi connectivity index (χ0v) is 10.8. The molecule has 2 aromatic rings. The average molecular weight is 244 g/mol. The van der Waals surface area contributed by atoms with Crippen molar-refractivity contribution in [3.05, 3.63) is 47.5 Å². The standard InChI is InChI=1S/C15H16OS/c1-11-2-3-13-7-14(5-4-12(13)6-11)15(10-17)8-16-9-15/h2-7,17H,8-10H2,1H3. The molecule has 0 bridgehead atoms. The Labute approximate surface area is 107 Å². The lowest BCUT2D eigenvalue weighted by Gasteiger charge is -2.41. The van der Waals surface area contributed by atoms with Crippen molar-refractivity contribution in [1.29, 1.82) is 0 Å². The lowest BCUT2D eigenvalue weighted by atomic mass is 9.80. The zero-order valence-electron chi connectivity index (χ0n) is 9.94. The first-order chi connectivity index (χ1) is 8.23. The first-order valence-corrected chi connectivity index (χ1v) is 6.56. The third kappa shape index (κ3) is 1.76. The fraction of sp³-hybridized carbons (Fsp3) is 0.333. The van der Waals surface area contributed by atoms with Gasteiger partial charge in [-0.2, -0.15) is 12.6 Å². The van der Waals surface area contributed by atoms with Crippen LogP contribution < -0.4 is 0 Å². The van der Waals surface area contributed by atoms with Gasteiger partial charge in [0.1, 0.15) is 0 Å². The van der Waals surface area contributed by atoms with Gasteiger partial charge in [-0.1, -0.05) is 42.0 Å². The van der Waals surface area contributed by atoms with Gasteiger partial charge in [-0.3, -0.25) is 0 Å². The molecule has 0 N–H and O–H groups in total. The number of rotatable bonds is 2. The quantitative estimate of drug-likeness (QED) is 0.797. The van der Waals surface area contributed by atoms with Crippen LogP contribution in [0.4, 0.5) is 0 Å². The molecular weight excluding hydrogens is 228 g/mol. The lowest BCUT2D eigenvalue weighted by Crippen LogP contribution is -2.48. The molecule has 3 rings (SSSR count). The number of hydrogen-bond acceptors (Lipinski definition) is 2. The molecule has 1 aliphatic heterocycles. The molecule has 0 radical (unpaired) electrons. The fourth-order valence-electron chi connectivity index (χ4n) is 2.39. The Bertz CT molecular complexity index is 552. The van der Waals surface area contributed by atoms with Crippen LogP contribution in [-0.2, 0) is 10.2 Å². The van der Waals surface area contributed by atoms with E-state index in [2.05, 4.69) is 56.0 Å². The van der Waals surface area contributed by atoms with Gasteiger partial charge in [0.15, 0.2) is 0 Å². The third-order valence-electron chi connectivity index (χ3n) is 3.67. The molecule has 1 nitrogen and oxygen atoms in total. The number of thiol groups is 1. The molecule has 0 aromatic heterocycles. The SMILES string of the molecule is Cc1ccc2cc(C3(CS)COC3)ccc2c1. The predicted molar refractivity (Wildman–Crippen MR) is 75.0 cm³/mol. The van der Waals surface area contributed by atoms with Gasteiger partial charge in [-0.25, -0.2) is 0 Å². The molecule has 17 heavy (non-hydrogen) atoms. The third-order valence-corrected chi connectivity index (χ3v) is 4.27. The lowest BCUT2D eigenvalue weighted by molar-refractivity contribution is -0.0470. The summed E-state index contributed by atoms with van der Waals surface area (Å²) in [6.07, 6.45) is 0. The Morgan fingerprint density at radius 2 is 1.82 bits per heavy atom. The Hall–Kier alpha value is -0.990. The second-order valence-electron chi connectivity index (χ2n) is 5.00. The van der Waals surface area contributed by atoms with Crippen LogP contribution in [0.5, 0.6) is 0 Å². The molecular formula is C15H16OS. The molecule has 0 spiro atoms. The zero-order chi connectivity index (χ0) is 11.9. The van der Waals surface area contributed by atoms with Crippen LogP contribution in [0.1, 0.15) is 11.1 Å². The Kier molecular flexibility index (Phi) is 2.64. The van der Waals surface area contributed by atoms with Gasteiger partial charge in [0.05, 0.1) is 18.6 Å². The first kappa shape index (κ1) is 11.1. The minimum atomic E-state index is 0.141. The van der Waals surface area contributed by atoms with Crippen molar-refractivity contribution in [3.63, 3.8) is 0 Å². The summed E-state index contributed by atoms with van der Waals surface area (Å²) in [6, 6.07) is 13.3. The van der Waals surface area contributed by atoms with Crippen molar-refractivity contribution in [2.45, 2.75) is 12.3 Å². The normalized spacial score (nSPS) is 18.0. The summed E-state index contributed by atoms with van der Waals surface area (Å²) < 4.78 is 5.37. The maximum absolute atomic E-state index is 5.37. The van der Waals surface area contributed by atoms with Crippen LogP contribution in [0.3, 0.4) is 0 Å². The molecule has 0 aliphatic carbocycles. The van der Waals surface area contributed by atoms with Crippen molar-refractivity contribution in [2.75, 3.05) is 19.0 Å². The van der Waals surface area contributed by atoms with Crippen molar-refractivity contribution in [1.82, 2.24) is 0 Å². The molecule has 0 amide bonds. The molecule has 2 heteroatoms. The van der Waals surface area contributed by atoms with Crippen LogP contribution in [0.2, 0.25) is 0 Å². The van der Waals surface area contributed by atoms with Crippen LogP contribution in [-0.4, -0.2) is 19.0 Å². The summed E-state index contributed by atoms with van der Waals surface area (Å²) in [5.74, 6) is 0.852. The molecule has 1 heterocycles. The highest BCUT2D eigenvalue weighted by atomic mass is 32.1. The molecule has 0 saturated carbocycles. The summed E-state index contributed by atoms with van der Waals surface area (Å²) in [5.41, 5.74) is 2.80. The van der Waals surface area contributed by atoms with E-state index in [1.807, 2.05) is 0 Å². The second kappa shape index (κ2) is 4.04. The van der Waals surface area contributed by atoms with Crippen molar-refractivity contribution < 1.29 is 4.74 Å². The molecule has 0 atom stereocenters. The molecule has 88 valence electrons. The molecule has 0 unspecified atom stereocenters. The van der Waals surface area contributed by atoms with Gasteiger partial charge in [0, 0.05) is 5.75 Å². The summed E-state index contributed by atoms with van der Waals surface area (Å²) in [4.78, 5) is 0. The Morgan fingerprint density at radius 1 is 1.12 bits per heavy atom. The maximum Gasteiger partial charge on any atom is 0.0593 e. The number of ether oxygens (including phenoxy) is 1. The largest absolute Gasteiger partial charge is 0.379 e. The van der Waals surface area contributed by atoms with E-state index < -0.39 is 0 Å². The van der Waals surface area contributed by atoms with Crippen LogP contribution in [0.25, 0.3) is 10.8 Å². The number of fused-ring (bicyclic) bond motifs is 1.